The molecule has 7 nitrogen and oxygen atoms in total. The molecule has 188 valence electrons. The molecule has 4 rings (SSSR count). The van der Waals surface area contributed by atoms with Crippen LogP contribution < -0.4 is 10.2 Å². The Labute approximate surface area is 218 Å². The van der Waals surface area contributed by atoms with Crippen LogP contribution in [0.15, 0.2) is 47.4 Å². The van der Waals surface area contributed by atoms with Gasteiger partial charge in [0.25, 0.3) is 5.91 Å². The monoisotopic (exact) mass is 502 g/mol. The number of carbonyl (C=O) groups is 1. The molecule has 36 heavy (non-hydrogen) atoms. The summed E-state index contributed by atoms with van der Waals surface area (Å²) in [7, 11) is 0. The Bertz CT molecular complexity index is 1160. The van der Waals surface area contributed by atoms with Crippen LogP contribution in [0.1, 0.15) is 53.5 Å². The Morgan fingerprint density at radius 2 is 1.89 bits per heavy atom. The van der Waals surface area contributed by atoms with Crippen molar-refractivity contribution in [2.75, 3.05) is 24.5 Å². The van der Waals surface area contributed by atoms with Gasteiger partial charge < -0.3 is 15.1 Å². The van der Waals surface area contributed by atoms with Gasteiger partial charge in [-0.05, 0) is 74.6 Å². The maximum absolute atomic E-state index is 12.6. The third-order valence-electron chi connectivity index (χ3n) is 7.11. The van der Waals surface area contributed by atoms with Gasteiger partial charge in [-0.1, -0.05) is 12.1 Å². The minimum atomic E-state index is -0.0928. The van der Waals surface area contributed by atoms with E-state index in [2.05, 4.69) is 65.8 Å². The van der Waals surface area contributed by atoms with Gasteiger partial charge in [-0.15, -0.1) is 0 Å². The van der Waals surface area contributed by atoms with Crippen LogP contribution in [0.4, 0.5) is 11.4 Å². The molecule has 1 N–H and O–H groups in total. The first-order chi connectivity index (χ1) is 17.5. The molecule has 0 aliphatic carbocycles. The number of piperidine rings is 1. The van der Waals surface area contributed by atoms with Crippen molar-refractivity contribution in [3.05, 3.63) is 81.4 Å². The first kappa shape index (κ1) is 25.8. The fourth-order valence-electron chi connectivity index (χ4n) is 4.95. The maximum atomic E-state index is 12.6. The fraction of sp³-hybridized carbons (Fsp3) is 0.429. The molecule has 1 amide bonds. The summed E-state index contributed by atoms with van der Waals surface area (Å²) < 4.78 is 0. The quantitative estimate of drug-likeness (QED) is 0.398. The molecule has 1 fully saturated rings. The average molecular weight is 503 g/mol. The lowest BCUT2D eigenvalue weighted by Crippen LogP contribution is -2.48. The zero-order chi connectivity index (χ0) is 25.5. The van der Waals surface area contributed by atoms with E-state index in [1.165, 1.54) is 17.6 Å². The van der Waals surface area contributed by atoms with Crippen LogP contribution in [0.3, 0.4) is 0 Å². The first-order valence-electron chi connectivity index (χ1n) is 12.5. The summed E-state index contributed by atoms with van der Waals surface area (Å²) in [6.45, 7) is 16.8. The van der Waals surface area contributed by atoms with E-state index in [0.29, 0.717) is 41.3 Å². The molecule has 3 aromatic rings. The molecule has 8 heteroatoms. The number of thiophene rings is 1. The summed E-state index contributed by atoms with van der Waals surface area (Å²) in [4.78, 5) is 29.5. The van der Waals surface area contributed by atoms with Crippen molar-refractivity contribution in [3.63, 3.8) is 0 Å². The van der Waals surface area contributed by atoms with Gasteiger partial charge in [0.15, 0.2) is 5.69 Å². The zero-order valence-corrected chi connectivity index (χ0v) is 22.1. The van der Waals surface area contributed by atoms with Crippen LogP contribution in [0, 0.1) is 20.4 Å². The number of likely N-dealkylation sites (tertiary alicyclic amines) is 1. The first-order valence-corrected chi connectivity index (χ1v) is 13.5. The number of rotatable bonds is 9. The third kappa shape index (κ3) is 6.28. The second kappa shape index (κ2) is 12.1. The Hall–Kier alpha value is -3.28. The second-order valence-corrected chi connectivity index (χ2v) is 10.2. The molecule has 0 radical (unpaired) electrons. The predicted molar refractivity (Wildman–Crippen MR) is 146 cm³/mol. The second-order valence-electron chi connectivity index (χ2n) is 9.47. The van der Waals surface area contributed by atoms with Crippen LogP contribution >= 0.6 is 11.3 Å². The van der Waals surface area contributed by atoms with Gasteiger partial charge in [-0.25, -0.2) is 14.8 Å². The number of carbonyl (C=O) groups excluding carboxylic acids is 1. The number of anilines is 1. The van der Waals surface area contributed by atoms with E-state index in [1.807, 2.05) is 26.0 Å². The van der Waals surface area contributed by atoms with Crippen molar-refractivity contribution < 1.29 is 4.79 Å². The molecule has 0 saturated carbocycles. The van der Waals surface area contributed by atoms with Gasteiger partial charge >= 0.3 is 0 Å². The fourth-order valence-corrected chi connectivity index (χ4v) is 5.61. The molecule has 1 aromatic carbocycles. The van der Waals surface area contributed by atoms with Gasteiger partial charge in [0, 0.05) is 44.0 Å². The van der Waals surface area contributed by atoms with E-state index in [4.69, 9.17) is 6.57 Å². The number of benzene rings is 1. The van der Waals surface area contributed by atoms with E-state index in [1.54, 1.807) is 11.3 Å². The van der Waals surface area contributed by atoms with Crippen molar-refractivity contribution in [1.82, 2.24) is 20.2 Å². The minimum Gasteiger partial charge on any atom is -0.364 e. The maximum Gasteiger partial charge on any atom is 0.254 e. The summed E-state index contributed by atoms with van der Waals surface area (Å²) in [5, 5.41) is 7.41. The van der Waals surface area contributed by atoms with Crippen molar-refractivity contribution >= 4 is 28.6 Å². The summed E-state index contributed by atoms with van der Waals surface area (Å²) >= 11 is 1.73. The highest BCUT2D eigenvalue weighted by molar-refractivity contribution is 7.07. The van der Waals surface area contributed by atoms with E-state index in [0.717, 1.165) is 38.9 Å². The van der Waals surface area contributed by atoms with Gasteiger partial charge in [-0.2, -0.15) is 11.3 Å². The topological polar surface area (TPSA) is 65.7 Å². The Kier molecular flexibility index (Phi) is 8.68. The Morgan fingerprint density at radius 3 is 2.50 bits per heavy atom. The van der Waals surface area contributed by atoms with Crippen LogP contribution in [-0.2, 0) is 6.54 Å². The molecule has 1 saturated heterocycles. The highest BCUT2D eigenvalue weighted by Gasteiger charge is 2.27. The van der Waals surface area contributed by atoms with Gasteiger partial charge in [0.2, 0.25) is 0 Å². The molecule has 1 unspecified atom stereocenters. The average Bonchev–Trinajstić information content (AvgIpc) is 3.41. The van der Waals surface area contributed by atoms with E-state index in [9.17, 15) is 4.79 Å². The van der Waals surface area contributed by atoms with Crippen LogP contribution in [0.25, 0.3) is 4.85 Å². The molecular weight excluding hydrogens is 468 g/mol. The lowest BCUT2D eigenvalue weighted by molar-refractivity contribution is 0.0943. The van der Waals surface area contributed by atoms with Crippen molar-refractivity contribution in [2.24, 2.45) is 0 Å². The number of aromatic nitrogens is 2. The molecule has 0 bridgehead atoms. The van der Waals surface area contributed by atoms with Gasteiger partial charge in [0.05, 0.1) is 23.5 Å². The molecule has 1 aliphatic rings. The lowest BCUT2D eigenvalue weighted by Gasteiger charge is -2.42. The molecule has 0 spiro atoms. The standard InChI is InChI=1S/C28H34N6OS/c1-20(9-13-30-28(35)27-21(2)31-19-32-22(27)3)33-14-10-26(11-15-33)34(17-23-12-16-36-18-23)25-7-5-24(29-4)6-8-25/h5-8,12,16,18-20,26H,9-11,13-15,17H2,1-3H3,(H,30,35). The summed E-state index contributed by atoms with van der Waals surface area (Å²) in [5.41, 5.74) is 5.20. The Morgan fingerprint density at radius 1 is 1.19 bits per heavy atom. The van der Waals surface area contributed by atoms with E-state index < -0.39 is 0 Å². The molecule has 1 atom stereocenters. The number of aryl methyl sites for hydroxylation is 2. The van der Waals surface area contributed by atoms with Crippen LogP contribution in [-0.4, -0.2) is 52.5 Å². The number of hydrogen-bond acceptors (Lipinski definition) is 6. The summed E-state index contributed by atoms with van der Waals surface area (Å²) in [6.07, 6.45) is 4.58. The normalized spacial score (nSPS) is 15.3. The number of nitrogens with one attached hydrogen (secondary N) is 1. The third-order valence-corrected chi connectivity index (χ3v) is 7.84. The lowest BCUT2D eigenvalue weighted by atomic mass is 9.99. The van der Waals surface area contributed by atoms with Crippen molar-refractivity contribution in [3.8, 4) is 0 Å². The predicted octanol–water partition coefficient (Wildman–Crippen LogP) is 5.39. The highest BCUT2D eigenvalue weighted by atomic mass is 32.1. The van der Waals surface area contributed by atoms with Crippen LogP contribution in [0.2, 0.25) is 0 Å². The van der Waals surface area contributed by atoms with Crippen molar-refractivity contribution in [2.45, 2.75) is 58.7 Å². The largest absolute Gasteiger partial charge is 0.364 e. The molecular formula is C28H34N6OS. The minimum absolute atomic E-state index is 0.0928. The summed E-state index contributed by atoms with van der Waals surface area (Å²) in [6, 6.07) is 11.0. The highest BCUT2D eigenvalue weighted by Crippen LogP contribution is 2.29. The Balaban J connectivity index is 1.31. The molecule has 3 heterocycles. The van der Waals surface area contributed by atoms with Gasteiger partial charge in [0.1, 0.15) is 6.33 Å². The number of amides is 1. The van der Waals surface area contributed by atoms with E-state index in [-0.39, 0.29) is 5.91 Å². The van der Waals surface area contributed by atoms with Crippen LogP contribution in [0.5, 0.6) is 0 Å². The van der Waals surface area contributed by atoms with Crippen molar-refractivity contribution in [1.29, 1.82) is 0 Å². The number of nitrogens with zero attached hydrogens (tertiary/aromatic N) is 5. The number of hydrogen-bond donors (Lipinski definition) is 1. The SMILES string of the molecule is [C-]#[N+]c1ccc(N(Cc2ccsc2)C2CCN(C(C)CCNC(=O)c3c(C)ncnc3C)CC2)cc1. The summed E-state index contributed by atoms with van der Waals surface area (Å²) in [5.74, 6) is -0.0928. The smallest absolute Gasteiger partial charge is 0.254 e. The molecule has 1 aliphatic heterocycles. The zero-order valence-electron chi connectivity index (χ0n) is 21.3. The van der Waals surface area contributed by atoms with E-state index >= 15 is 0 Å². The molecule has 2 aromatic heterocycles. The van der Waals surface area contributed by atoms with Gasteiger partial charge in [-0.3, -0.25) is 4.79 Å².